The van der Waals surface area contributed by atoms with Gasteiger partial charge in [-0.15, -0.1) is 0 Å². The largest absolute Gasteiger partial charge is 0.466 e. The number of amidine groups is 1. The van der Waals surface area contributed by atoms with Crippen LogP contribution in [0.4, 0.5) is 10.5 Å². The Bertz CT molecular complexity index is 1170. The molecule has 2 aromatic carbocycles. The number of carbonyl (C=O) groups is 3. The lowest BCUT2D eigenvalue weighted by Crippen LogP contribution is -2.49. The predicted molar refractivity (Wildman–Crippen MR) is 144 cm³/mol. The van der Waals surface area contributed by atoms with E-state index in [1.54, 1.807) is 54.3 Å². The van der Waals surface area contributed by atoms with Gasteiger partial charge >= 0.3 is 12.1 Å². The molecule has 2 aliphatic rings. The zero-order valence-corrected chi connectivity index (χ0v) is 22.1. The van der Waals surface area contributed by atoms with Crippen LogP contribution in [0.3, 0.4) is 0 Å². The average Bonchev–Trinajstić information content (AvgIpc) is 3.28. The monoisotopic (exact) mass is 541 g/mol. The third kappa shape index (κ3) is 7.31. The molecule has 0 spiro atoms. The van der Waals surface area contributed by atoms with Crippen LogP contribution in [0.5, 0.6) is 0 Å². The maximum absolute atomic E-state index is 12.6. The van der Waals surface area contributed by atoms with Crippen LogP contribution in [0.25, 0.3) is 0 Å². The van der Waals surface area contributed by atoms with Crippen molar-refractivity contribution in [2.45, 2.75) is 19.4 Å². The number of nitrogens with zero attached hydrogens (tertiary/aromatic N) is 3. The fourth-order valence-electron chi connectivity index (χ4n) is 4.49. The quantitative estimate of drug-likeness (QED) is 0.285. The Morgan fingerprint density at radius 3 is 2.47 bits per heavy atom. The highest BCUT2D eigenvalue weighted by atomic mass is 35.5. The van der Waals surface area contributed by atoms with Gasteiger partial charge in [-0.05, 0) is 49.4 Å². The van der Waals surface area contributed by atoms with Gasteiger partial charge < -0.3 is 19.7 Å². The molecular formula is C27H32ClN5O5. The van der Waals surface area contributed by atoms with E-state index in [0.29, 0.717) is 54.5 Å². The van der Waals surface area contributed by atoms with Crippen LogP contribution in [-0.4, -0.2) is 92.1 Å². The summed E-state index contributed by atoms with van der Waals surface area (Å²) in [7, 11) is 0. The molecule has 2 amide bonds. The fraction of sp³-hybridized carbons (Fsp3) is 0.407. The summed E-state index contributed by atoms with van der Waals surface area (Å²) in [6, 6.07) is 13.4. The summed E-state index contributed by atoms with van der Waals surface area (Å²) < 4.78 is 10.6. The van der Waals surface area contributed by atoms with Crippen LogP contribution in [0, 0.1) is 5.41 Å². The van der Waals surface area contributed by atoms with Gasteiger partial charge in [0.15, 0.2) is 0 Å². The third-order valence-electron chi connectivity index (χ3n) is 6.53. The van der Waals surface area contributed by atoms with E-state index in [-0.39, 0.29) is 17.9 Å². The summed E-state index contributed by atoms with van der Waals surface area (Å²) in [6.07, 6.45) is -0.251. The van der Waals surface area contributed by atoms with Crippen LogP contribution < -0.4 is 10.2 Å². The van der Waals surface area contributed by atoms with Crippen molar-refractivity contribution in [2.24, 2.45) is 0 Å². The first-order valence-corrected chi connectivity index (χ1v) is 13.0. The molecule has 0 saturated carbocycles. The van der Waals surface area contributed by atoms with Gasteiger partial charge in [-0.25, -0.2) is 4.79 Å². The summed E-state index contributed by atoms with van der Waals surface area (Å²) >= 11 is 5.94. The van der Waals surface area contributed by atoms with Crippen molar-refractivity contribution in [1.82, 2.24) is 15.1 Å². The van der Waals surface area contributed by atoms with Gasteiger partial charge in [0.2, 0.25) is 0 Å². The third-order valence-corrected chi connectivity index (χ3v) is 6.77. The maximum atomic E-state index is 12.6. The maximum Gasteiger partial charge on any atom is 0.414 e. The second-order valence-electron chi connectivity index (χ2n) is 9.20. The zero-order chi connectivity index (χ0) is 27.1. The van der Waals surface area contributed by atoms with Gasteiger partial charge in [0, 0.05) is 61.1 Å². The van der Waals surface area contributed by atoms with Gasteiger partial charge in [0.25, 0.3) is 5.91 Å². The molecule has 1 unspecified atom stereocenters. The zero-order valence-electron chi connectivity index (χ0n) is 21.3. The first kappa shape index (κ1) is 27.6. The van der Waals surface area contributed by atoms with Gasteiger partial charge in [-0.3, -0.25) is 24.8 Å². The molecule has 1 atom stereocenters. The number of carbonyl (C=O) groups excluding carboxylic acids is 3. The number of piperazine rings is 1. The standard InChI is InChI=1S/C27H32ClN5O5/c1-2-37-24(34)10-11-31-12-14-32(15-13-31)17-23-18-33(27(36)38-23)22-8-6-19(7-9-22)25(29)30-26(35)20-4-3-5-21(28)16-20/h3-9,16,23H,2,10-15,17-18H2,1H3,(H2,29,30,35). The minimum Gasteiger partial charge on any atom is -0.466 e. The van der Waals surface area contributed by atoms with Gasteiger partial charge in [-0.1, -0.05) is 17.7 Å². The lowest BCUT2D eigenvalue weighted by atomic mass is 10.1. The number of amides is 2. The summed E-state index contributed by atoms with van der Waals surface area (Å²) in [5.74, 6) is -0.641. The minimum absolute atomic E-state index is 0.0511. The number of rotatable bonds is 9. The Hall–Kier alpha value is -3.47. The number of cyclic esters (lactones) is 1. The highest BCUT2D eigenvalue weighted by Gasteiger charge is 2.34. The molecule has 11 heteroatoms. The summed E-state index contributed by atoms with van der Waals surface area (Å²) in [4.78, 5) is 42.6. The highest BCUT2D eigenvalue weighted by Crippen LogP contribution is 2.23. The van der Waals surface area contributed by atoms with Gasteiger partial charge in [0.05, 0.1) is 19.6 Å². The van der Waals surface area contributed by atoms with Crippen LogP contribution in [0.15, 0.2) is 48.5 Å². The molecule has 2 aliphatic heterocycles. The highest BCUT2D eigenvalue weighted by molar-refractivity contribution is 6.31. The molecule has 38 heavy (non-hydrogen) atoms. The lowest BCUT2D eigenvalue weighted by molar-refractivity contribution is -0.143. The molecule has 0 aromatic heterocycles. The number of benzene rings is 2. The van der Waals surface area contributed by atoms with E-state index < -0.39 is 12.0 Å². The Morgan fingerprint density at radius 2 is 1.79 bits per heavy atom. The number of ether oxygens (including phenoxy) is 2. The molecule has 0 bridgehead atoms. The first-order valence-electron chi connectivity index (χ1n) is 12.7. The molecule has 0 aliphatic carbocycles. The smallest absolute Gasteiger partial charge is 0.414 e. The molecule has 0 radical (unpaired) electrons. The van der Waals surface area contributed by atoms with Crippen LogP contribution in [-0.2, 0) is 14.3 Å². The summed E-state index contributed by atoms with van der Waals surface area (Å²) in [5.41, 5.74) is 1.54. The van der Waals surface area contributed by atoms with E-state index in [4.69, 9.17) is 26.5 Å². The van der Waals surface area contributed by atoms with Crippen molar-refractivity contribution >= 4 is 41.1 Å². The average molecular weight is 542 g/mol. The first-order chi connectivity index (χ1) is 18.3. The number of hydrogen-bond acceptors (Lipinski definition) is 8. The van der Waals surface area contributed by atoms with Crippen molar-refractivity contribution in [2.75, 3.05) is 57.3 Å². The van der Waals surface area contributed by atoms with Crippen molar-refractivity contribution < 1.29 is 23.9 Å². The molecule has 2 saturated heterocycles. The van der Waals surface area contributed by atoms with E-state index >= 15 is 0 Å². The SMILES string of the molecule is CCOC(=O)CCN1CCN(CC2CN(c3ccc(C(=N)NC(=O)c4cccc(Cl)c4)cc3)C(=O)O2)CC1. The summed E-state index contributed by atoms with van der Waals surface area (Å²) in [5, 5.41) is 11.2. The van der Waals surface area contributed by atoms with Gasteiger partial charge in [0.1, 0.15) is 11.9 Å². The fourth-order valence-corrected chi connectivity index (χ4v) is 4.68. The number of nitrogens with one attached hydrogen (secondary N) is 2. The Morgan fingerprint density at radius 1 is 1.08 bits per heavy atom. The Balaban J connectivity index is 1.24. The number of anilines is 1. The molecule has 2 fully saturated rings. The molecule has 2 aromatic rings. The second-order valence-corrected chi connectivity index (χ2v) is 9.64. The lowest BCUT2D eigenvalue weighted by Gasteiger charge is -2.35. The van der Waals surface area contributed by atoms with Crippen molar-refractivity contribution in [3.8, 4) is 0 Å². The Kier molecular flexibility index (Phi) is 9.33. The van der Waals surface area contributed by atoms with Gasteiger partial charge in [-0.2, -0.15) is 0 Å². The minimum atomic E-state index is -0.424. The molecule has 2 N–H and O–H groups in total. The molecule has 202 valence electrons. The van der Waals surface area contributed by atoms with Crippen LogP contribution >= 0.6 is 11.6 Å². The number of esters is 1. The second kappa shape index (κ2) is 12.9. The van der Waals surface area contributed by atoms with E-state index in [1.165, 1.54) is 6.07 Å². The molecular weight excluding hydrogens is 510 g/mol. The molecule has 4 rings (SSSR count). The van der Waals surface area contributed by atoms with E-state index in [0.717, 1.165) is 26.2 Å². The predicted octanol–water partition coefficient (Wildman–Crippen LogP) is 2.99. The molecule has 2 heterocycles. The van der Waals surface area contributed by atoms with E-state index in [9.17, 15) is 14.4 Å². The Labute approximate surface area is 226 Å². The van der Waals surface area contributed by atoms with Crippen molar-refractivity contribution in [3.05, 3.63) is 64.7 Å². The van der Waals surface area contributed by atoms with E-state index in [1.807, 2.05) is 0 Å². The molecule has 10 nitrogen and oxygen atoms in total. The van der Waals surface area contributed by atoms with Crippen LogP contribution in [0.1, 0.15) is 29.3 Å². The number of halogens is 1. The van der Waals surface area contributed by atoms with Crippen molar-refractivity contribution in [1.29, 1.82) is 5.41 Å². The van der Waals surface area contributed by atoms with Crippen LogP contribution in [0.2, 0.25) is 5.02 Å². The normalized spacial score (nSPS) is 18.2. The summed E-state index contributed by atoms with van der Waals surface area (Å²) in [6.45, 7) is 7.37. The van der Waals surface area contributed by atoms with E-state index in [2.05, 4.69) is 15.1 Å². The topological polar surface area (TPSA) is 115 Å². The van der Waals surface area contributed by atoms with Crippen molar-refractivity contribution in [3.63, 3.8) is 0 Å². The number of hydrogen-bond donors (Lipinski definition) is 2.